The van der Waals surface area contributed by atoms with Crippen LogP contribution in [0.3, 0.4) is 0 Å². The first-order valence-corrected chi connectivity index (χ1v) is 12.2. The van der Waals surface area contributed by atoms with Gasteiger partial charge in [-0.25, -0.2) is 18.5 Å². The minimum atomic E-state index is -3.76. The van der Waals surface area contributed by atoms with E-state index in [4.69, 9.17) is 10.1 Å². The Hall–Kier alpha value is -2.62. The number of nitrogens with one attached hydrogen (secondary N) is 1. The van der Waals surface area contributed by atoms with Crippen molar-refractivity contribution in [1.29, 1.82) is 0 Å². The number of benzene rings is 2. The Morgan fingerprint density at radius 1 is 1.07 bits per heavy atom. The summed E-state index contributed by atoms with van der Waals surface area (Å²) in [7, 11) is -3.76. The molecule has 9 heteroatoms. The molecule has 1 heterocycles. The fourth-order valence-corrected chi connectivity index (χ4v) is 4.88. The molecule has 156 valence electrons. The molecular formula is C21H22N4O3S2. The van der Waals surface area contributed by atoms with Crippen molar-refractivity contribution in [1.82, 2.24) is 9.55 Å². The van der Waals surface area contributed by atoms with Gasteiger partial charge in [0.05, 0.1) is 16.3 Å². The molecule has 0 bridgehead atoms. The van der Waals surface area contributed by atoms with Crippen LogP contribution < -0.4 is 10.5 Å². The van der Waals surface area contributed by atoms with Gasteiger partial charge in [0, 0.05) is 17.1 Å². The number of aromatic nitrogens is 2. The summed E-state index contributed by atoms with van der Waals surface area (Å²) in [6.07, 6.45) is 4.23. The molecule has 3 aromatic rings. The third kappa shape index (κ3) is 4.58. The lowest BCUT2D eigenvalue weighted by molar-refractivity contribution is -0.113. The average Bonchev–Trinajstić information content (AvgIpc) is 3.11. The van der Waals surface area contributed by atoms with Crippen LogP contribution >= 0.6 is 11.8 Å². The maximum atomic E-state index is 12.4. The van der Waals surface area contributed by atoms with E-state index in [2.05, 4.69) is 9.88 Å². The van der Waals surface area contributed by atoms with E-state index in [1.807, 2.05) is 30.3 Å². The Kier molecular flexibility index (Phi) is 5.94. The summed E-state index contributed by atoms with van der Waals surface area (Å²) in [5.74, 6) is 0.00332. The highest BCUT2D eigenvalue weighted by Crippen LogP contribution is 2.30. The molecule has 4 rings (SSSR count). The van der Waals surface area contributed by atoms with Crippen LogP contribution in [0.2, 0.25) is 0 Å². The lowest BCUT2D eigenvalue weighted by Crippen LogP contribution is -2.15. The van der Waals surface area contributed by atoms with Crippen molar-refractivity contribution >= 4 is 33.4 Å². The molecule has 1 aliphatic rings. The van der Waals surface area contributed by atoms with Crippen molar-refractivity contribution in [2.75, 3.05) is 11.1 Å². The monoisotopic (exact) mass is 442 g/mol. The smallest absolute Gasteiger partial charge is 0.238 e. The number of carbonyl (C=O) groups is 1. The van der Waals surface area contributed by atoms with Gasteiger partial charge in [-0.15, -0.1) is 0 Å². The topological polar surface area (TPSA) is 107 Å². The van der Waals surface area contributed by atoms with Crippen LogP contribution in [-0.4, -0.2) is 29.6 Å². The number of rotatable bonds is 6. The molecule has 0 aliphatic heterocycles. The van der Waals surface area contributed by atoms with E-state index in [9.17, 15) is 13.2 Å². The highest BCUT2D eigenvalue weighted by Gasteiger charge is 2.21. The Morgan fingerprint density at radius 2 is 1.77 bits per heavy atom. The molecule has 0 saturated heterocycles. The van der Waals surface area contributed by atoms with E-state index in [1.54, 1.807) is 0 Å². The summed E-state index contributed by atoms with van der Waals surface area (Å²) in [5.41, 5.74) is 3.91. The van der Waals surface area contributed by atoms with Gasteiger partial charge in [0.25, 0.3) is 0 Å². The molecule has 0 fully saturated rings. The van der Waals surface area contributed by atoms with E-state index in [1.165, 1.54) is 41.7 Å². The number of nitrogens with two attached hydrogens (primary N) is 1. The maximum Gasteiger partial charge on any atom is 0.238 e. The number of primary sulfonamides is 1. The third-order valence-electron chi connectivity index (χ3n) is 4.92. The van der Waals surface area contributed by atoms with Gasteiger partial charge in [-0.1, -0.05) is 30.0 Å². The minimum absolute atomic E-state index is 0.00495. The van der Waals surface area contributed by atoms with Crippen LogP contribution in [0.5, 0.6) is 0 Å². The number of hydrogen-bond acceptors (Lipinski definition) is 5. The second-order valence-corrected chi connectivity index (χ2v) is 9.58. The quantitative estimate of drug-likeness (QED) is 0.571. The van der Waals surface area contributed by atoms with Crippen molar-refractivity contribution in [2.24, 2.45) is 5.14 Å². The van der Waals surface area contributed by atoms with Crippen LogP contribution in [0.25, 0.3) is 5.69 Å². The minimum Gasteiger partial charge on any atom is -0.325 e. The molecule has 0 spiro atoms. The number of para-hydroxylation sites is 1. The lowest BCUT2D eigenvalue weighted by Gasteiger charge is -2.15. The highest BCUT2D eigenvalue weighted by atomic mass is 32.2. The first kappa shape index (κ1) is 20.6. The molecule has 7 nitrogen and oxygen atoms in total. The van der Waals surface area contributed by atoms with Gasteiger partial charge in [0.15, 0.2) is 5.16 Å². The second-order valence-electron chi connectivity index (χ2n) is 7.07. The van der Waals surface area contributed by atoms with E-state index < -0.39 is 10.0 Å². The molecule has 0 atom stereocenters. The number of carbonyl (C=O) groups excluding carboxylic acids is 1. The number of hydrogen-bond donors (Lipinski definition) is 2. The molecule has 0 radical (unpaired) electrons. The normalized spacial score (nSPS) is 13.6. The molecule has 2 aromatic carbocycles. The Bertz CT molecular complexity index is 1160. The van der Waals surface area contributed by atoms with Crippen molar-refractivity contribution < 1.29 is 13.2 Å². The number of thioether (sulfide) groups is 1. The van der Waals surface area contributed by atoms with E-state index in [0.717, 1.165) is 42.2 Å². The summed E-state index contributed by atoms with van der Waals surface area (Å²) in [6.45, 7) is 0. The van der Waals surface area contributed by atoms with Crippen LogP contribution in [0.1, 0.15) is 24.2 Å². The Labute approximate surface area is 179 Å². The van der Waals surface area contributed by atoms with Gasteiger partial charge in [-0.2, -0.15) is 0 Å². The fraction of sp³-hybridized carbons (Fsp3) is 0.238. The number of nitrogens with zero attached hydrogens (tertiary/aromatic N) is 2. The standard InChI is InChI=1S/C21H22N4O3S2/c22-30(27,28)17-12-10-15(11-13-17)23-20(26)14-29-21-24-18-8-4-5-9-19(18)25(21)16-6-2-1-3-7-16/h1-3,6-7,10-13H,4-5,8-9,14H2,(H,23,26)(H2,22,27,28). The molecular weight excluding hydrogens is 420 g/mol. The Morgan fingerprint density at radius 3 is 2.47 bits per heavy atom. The third-order valence-corrected chi connectivity index (χ3v) is 6.78. The lowest BCUT2D eigenvalue weighted by atomic mass is 10.0. The van der Waals surface area contributed by atoms with Crippen LogP contribution in [0, 0.1) is 0 Å². The number of aryl methyl sites for hydroxylation is 1. The molecule has 1 aliphatic carbocycles. The predicted molar refractivity (Wildman–Crippen MR) is 117 cm³/mol. The molecule has 30 heavy (non-hydrogen) atoms. The first-order chi connectivity index (χ1) is 14.4. The highest BCUT2D eigenvalue weighted by molar-refractivity contribution is 7.99. The Balaban J connectivity index is 1.48. The van der Waals surface area contributed by atoms with Crippen LogP contribution in [0.4, 0.5) is 5.69 Å². The summed E-state index contributed by atoms with van der Waals surface area (Å²) < 4.78 is 24.8. The first-order valence-electron chi connectivity index (χ1n) is 9.63. The van der Waals surface area contributed by atoms with E-state index >= 15 is 0 Å². The molecule has 1 amide bonds. The number of fused-ring (bicyclic) bond motifs is 1. The van der Waals surface area contributed by atoms with Crippen LogP contribution in [-0.2, 0) is 27.7 Å². The SMILES string of the molecule is NS(=O)(=O)c1ccc(NC(=O)CSc2nc3c(n2-c2ccccc2)CCCC3)cc1. The van der Waals surface area contributed by atoms with Crippen molar-refractivity contribution in [3.8, 4) is 5.69 Å². The summed E-state index contributed by atoms with van der Waals surface area (Å²) in [5, 5.41) is 8.69. The molecule has 1 aromatic heterocycles. The number of anilines is 1. The number of sulfonamides is 1. The largest absolute Gasteiger partial charge is 0.325 e. The van der Waals surface area contributed by atoms with Crippen molar-refractivity contribution in [3.63, 3.8) is 0 Å². The fourth-order valence-electron chi connectivity index (χ4n) is 3.51. The van der Waals surface area contributed by atoms with Crippen LogP contribution in [0.15, 0.2) is 64.6 Å². The summed E-state index contributed by atoms with van der Waals surface area (Å²) >= 11 is 1.39. The summed E-state index contributed by atoms with van der Waals surface area (Å²) in [4.78, 5) is 17.3. The van der Waals surface area contributed by atoms with Crippen molar-refractivity contribution in [3.05, 3.63) is 66.0 Å². The van der Waals surface area contributed by atoms with Gasteiger partial charge in [-0.3, -0.25) is 9.36 Å². The predicted octanol–water partition coefficient (Wildman–Crippen LogP) is 3.13. The molecule has 3 N–H and O–H groups in total. The summed E-state index contributed by atoms with van der Waals surface area (Å²) in [6, 6.07) is 15.9. The van der Waals surface area contributed by atoms with Gasteiger partial charge in [0.2, 0.25) is 15.9 Å². The van der Waals surface area contributed by atoms with Gasteiger partial charge >= 0.3 is 0 Å². The molecule has 0 saturated carbocycles. The zero-order valence-corrected chi connectivity index (χ0v) is 17.9. The van der Waals surface area contributed by atoms with Gasteiger partial charge in [-0.05, 0) is 62.1 Å². The van der Waals surface area contributed by atoms with Gasteiger partial charge in [0.1, 0.15) is 0 Å². The average molecular weight is 443 g/mol. The van der Waals surface area contributed by atoms with E-state index in [-0.39, 0.29) is 16.6 Å². The van der Waals surface area contributed by atoms with Crippen molar-refractivity contribution in [2.45, 2.75) is 35.7 Å². The van der Waals surface area contributed by atoms with E-state index in [0.29, 0.717) is 5.69 Å². The number of amides is 1. The van der Waals surface area contributed by atoms with Gasteiger partial charge < -0.3 is 5.32 Å². The maximum absolute atomic E-state index is 12.4. The zero-order valence-electron chi connectivity index (χ0n) is 16.2. The second kappa shape index (κ2) is 8.63. The number of imidazole rings is 1. The zero-order chi connectivity index (χ0) is 21.1. The molecule has 0 unspecified atom stereocenters.